The fourth-order valence-electron chi connectivity index (χ4n) is 3.27. The van der Waals surface area contributed by atoms with Crippen LogP contribution in [0.5, 0.6) is 0 Å². The summed E-state index contributed by atoms with van der Waals surface area (Å²) in [5, 5.41) is 13.2. The fraction of sp³-hybridized carbons (Fsp3) is 0.381. The molecule has 160 valence electrons. The van der Waals surface area contributed by atoms with Gasteiger partial charge in [-0.1, -0.05) is 25.4 Å². The molecule has 2 aromatic heterocycles. The number of imidazole rings is 1. The van der Waals surface area contributed by atoms with Crippen molar-refractivity contribution in [3.63, 3.8) is 0 Å². The number of carbonyl (C=O) groups is 1. The molecule has 0 aliphatic carbocycles. The number of hydrogen-bond donors (Lipinski definition) is 2. The van der Waals surface area contributed by atoms with Gasteiger partial charge in [-0.15, -0.1) is 0 Å². The minimum absolute atomic E-state index is 0. The molecule has 0 unspecified atom stereocenters. The number of nitrogens with zero attached hydrogens (tertiary/aromatic N) is 4. The van der Waals surface area contributed by atoms with E-state index in [1.54, 1.807) is 35.5 Å². The van der Waals surface area contributed by atoms with Crippen molar-refractivity contribution in [3.8, 4) is 0 Å². The maximum absolute atomic E-state index is 12.7. The van der Waals surface area contributed by atoms with Gasteiger partial charge in [0.15, 0.2) is 11.5 Å². The van der Waals surface area contributed by atoms with Gasteiger partial charge in [0.2, 0.25) is 0 Å². The predicted octanol–water partition coefficient (Wildman–Crippen LogP) is 4.06. The second-order valence-corrected chi connectivity index (χ2v) is 7.12. The Labute approximate surface area is 195 Å². The number of nitrogens with one attached hydrogen (secondary N) is 1. The molecule has 0 radical (unpaired) electrons. The van der Waals surface area contributed by atoms with Gasteiger partial charge in [-0.25, -0.2) is 9.97 Å². The molecule has 1 aromatic carbocycles. The van der Waals surface area contributed by atoms with Gasteiger partial charge in [-0.3, -0.25) is 9.20 Å². The van der Waals surface area contributed by atoms with E-state index in [4.69, 9.17) is 11.6 Å². The van der Waals surface area contributed by atoms with E-state index in [1.165, 1.54) is 0 Å². The van der Waals surface area contributed by atoms with E-state index in [0.29, 0.717) is 42.3 Å². The average molecular weight is 600 g/mol. The van der Waals surface area contributed by atoms with Crippen LogP contribution in [0.1, 0.15) is 42.7 Å². The van der Waals surface area contributed by atoms with E-state index in [0.717, 1.165) is 17.0 Å². The summed E-state index contributed by atoms with van der Waals surface area (Å²) in [7, 11) is 0. The fourth-order valence-corrected chi connectivity index (χ4v) is 3.53. The Bertz CT molecular complexity index is 1000. The van der Waals surface area contributed by atoms with Crippen LogP contribution in [0.3, 0.4) is 0 Å². The molecule has 4 rings (SSSR count). The Kier molecular flexibility index (Phi) is 8.83. The van der Waals surface area contributed by atoms with E-state index >= 15 is 0 Å². The Morgan fingerprint density at radius 2 is 1.93 bits per heavy atom. The minimum atomic E-state index is -0.322. The van der Waals surface area contributed by atoms with Gasteiger partial charge in [0.05, 0.1) is 16.7 Å². The Morgan fingerprint density at radius 1 is 1.23 bits per heavy atom. The van der Waals surface area contributed by atoms with Crippen molar-refractivity contribution >= 4 is 34.7 Å². The standard InChI is InChI=1S/C19H20ClN5O2.C2H6.W/c1-12-11-22-18-17(21-6-9-25(12)18)23-13-2-3-15(16(20)10-13)19(27)24-7-4-14(26)5-8-24;1-2;/h2-3,6,9-11,14,26H,4-5,7-8H2,1H3,(H,21,23);1-2H3;. The summed E-state index contributed by atoms with van der Waals surface area (Å²) >= 11 is 6.38. The molecule has 0 spiro atoms. The third kappa shape index (κ3) is 5.20. The van der Waals surface area contributed by atoms with Gasteiger partial charge < -0.3 is 15.3 Å². The van der Waals surface area contributed by atoms with Crippen molar-refractivity contribution in [3.05, 3.63) is 53.1 Å². The number of rotatable bonds is 3. The molecule has 3 heterocycles. The van der Waals surface area contributed by atoms with E-state index in [9.17, 15) is 9.90 Å². The molecule has 7 nitrogen and oxygen atoms in total. The molecular weight excluding hydrogens is 574 g/mol. The van der Waals surface area contributed by atoms with Crippen molar-refractivity contribution in [1.29, 1.82) is 0 Å². The first-order chi connectivity index (χ1) is 14.0. The smallest absolute Gasteiger partial charge is 0.255 e. The largest absolute Gasteiger partial charge is 0.393 e. The molecule has 2 N–H and O–H groups in total. The molecule has 1 amide bonds. The van der Waals surface area contributed by atoms with Gasteiger partial charge in [-0.05, 0) is 38.0 Å². The van der Waals surface area contributed by atoms with Gasteiger partial charge in [0.1, 0.15) is 0 Å². The first-order valence-corrected chi connectivity index (χ1v) is 10.2. The number of aromatic nitrogens is 3. The van der Waals surface area contributed by atoms with E-state index in [2.05, 4.69) is 15.3 Å². The predicted molar refractivity (Wildman–Crippen MR) is 115 cm³/mol. The summed E-state index contributed by atoms with van der Waals surface area (Å²) in [5.74, 6) is 0.508. The zero-order valence-electron chi connectivity index (χ0n) is 17.3. The number of hydrogen-bond acceptors (Lipinski definition) is 5. The number of piperidine rings is 1. The molecule has 1 saturated heterocycles. The van der Waals surface area contributed by atoms with Crippen LogP contribution in [0.15, 0.2) is 36.8 Å². The molecule has 30 heavy (non-hydrogen) atoms. The maximum Gasteiger partial charge on any atom is 0.255 e. The molecule has 9 heteroatoms. The molecule has 3 aromatic rings. The van der Waals surface area contributed by atoms with E-state index in [-0.39, 0.29) is 33.1 Å². The number of fused-ring (bicyclic) bond motifs is 1. The van der Waals surface area contributed by atoms with Crippen molar-refractivity contribution in [1.82, 2.24) is 19.3 Å². The van der Waals surface area contributed by atoms with Crippen molar-refractivity contribution in [2.75, 3.05) is 18.4 Å². The molecular formula is C21H26ClN5O2W. The Balaban J connectivity index is 0.00000104. The third-order valence-corrected chi connectivity index (χ3v) is 5.14. The van der Waals surface area contributed by atoms with Crippen LogP contribution in [0.2, 0.25) is 5.02 Å². The number of likely N-dealkylation sites (tertiary alicyclic amines) is 1. The van der Waals surface area contributed by atoms with Crippen LogP contribution in [-0.4, -0.2) is 49.5 Å². The average Bonchev–Trinajstić information content (AvgIpc) is 3.12. The summed E-state index contributed by atoms with van der Waals surface area (Å²) < 4.78 is 1.94. The number of aryl methyl sites for hydroxylation is 1. The van der Waals surface area contributed by atoms with Crippen LogP contribution < -0.4 is 5.32 Å². The van der Waals surface area contributed by atoms with Gasteiger partial charge in [-0.2, -0.15) is 0 Å². The number of aliphatic hydroxyl groups is 1. The minimum Gasteiger partial charge on any atom is -0.393 e. The van der Waals surface area contributed by atoms with Crippen LogP contribution >= 0.6 is 11.6 Å². The summed E-state index contributed by atoms with van der Waals surface area (Å²) in [6.45, 7) is 7.06. The topological polar surface area (TPSA) is 82.8 Å². The Hall–Kier alpha value is -1.95. The summed E-state index contributed by atoms with van der Waals surface area (Å²) in [5.41, 5.74) is 2.92. The number of aliphatic hydroxyl groups excluding tert-OH is 1. The van der Waals surface area contributed by atoms with Gasteiger partial charge in [0, 0.05) is 64.1 Å². The molecule has 1 fully saturated rings. The SMILES string of the molecule is CC.Cc1cnc2c(Nc3ccc(C(=O)N4CCC(O)CC4)c(Cl)c3)nccn12.[W]. The van der Waals surface area contributed by atoms with Gasteiger partial charge in [0.25, 0.3) is 5.91 Å². The first-order valence-electron chi connectivity index (χ1n) is 9.85. The number of benzene rings is 1. The zero-order chi connectivity index (χ0) is 21.0. The van der Waals surface area contributed by atoms with E-state index < -0.39 is 0 Å². The van der Waals surface area contributed by atoms with Crippen LogP contribution in [0.25, 0.3) is 5.65 Å². The summed E-state index contributed by atoms with van der Waals surface area (Å²) in [6, 6.07) is 5.24. The summed E-state index contributed by atoms with van der Waals surface area (Å²) in [6.07, 6.45) is 6.22. The van der Waals surface area contributed by atoms with Crippen LogP contribution in [0.4, 0.5) is 11.5 Å². The summed E-state index contributed by atoms with van der Waals surface area (Å²) in [4.78, 5) is 23.1. The second kappa shape index (κ2) is 10.9. The first kappa shape index (κ1) is 24.3. The molecule has 1 aliphatic rings. The second-order valence-electron chi connectivity index (χ2n) is 6.71. The van der Waals surface area contributed by atoms with Crippen molar-refractivity contribution in [2.45, 2.75) is 39.7 Å². The van der Waals surface area contributed by atoms with Gasteiger partial charge >= 0.3 is 0 Å². The molecule has 0 atom stereocenters. The number of anilines is 2. The van der Waals surface area contributed by atoms with Crippen molar-refractivity contribution < 1.29 is 31.0 Å². The van der Waals surface area contributed by atoms with Crippen LogP contribution in [-0.2, 0) is 21.1 Å². The van der Waals surface area contributed by atoms with Crippen LogP contribution in [0, 0.1) is 6.92 Å². The monoisotopic (exact) mass is 599 g/mol. The number of amides is 1. The molecule has 0 bridgehead atoms. The third-order valence-electron chi connectivity index (χ3n) is 4.83. The quantitative estimate of drug-likeness (QED) is 0.475. The Morgan fingerprint density at radius 3 is 2.60 bits per heavy atom. The maximum atomic E-state index is 12.7. The van der Waals surface area contributed by atoms with E-state index in [1.807, 2.05) is 31.4 Å². The number of halogens is 1. The number of carbonyl (C=O) groups excluding carboxylic acids is 1. The zero-order valence-corrected chi connectivity index (χ0v) is 21.0. The molecule has 0 saturated carbocycles. The normalized spacial score (nSPS) is 14.0. The van der Waals surface area contributed by atoms with Crippen molar-refractivity contribution in [2.24, 2.45) is 0 Å². The molecule has 1 aliphatic heterocycles.